The summed E-state index contributed by atoms with van der Waals surface area (Å²) in [4.78, 5) is 10.7. The molecule has 0 aliphatic carbocycles. The number of carbonyl (C=O) groups excluding carboxylic acids is 1. The van der Waals surface area contributed by atoms with Crippen molar-refractivity contribution in [2.45, 2.75) is 38.9 Å². The molecule has 0 aromatic rings. The quantitative estimate of drug-likeness (QED) is 0.501. The zero-order chi connectivity index (χ0) is 9.56. The molecule has 0 aliphatic heterocycles. The molecule has 0 heterocycles. The van der Waals surface area contributed by atoms with Crippen molar-refractivity contribution in [3.63, 3.8) is 0 Å². The van der Waals surface area contributed by atoms with E-state index in [4.69, 9.17) is 4.74 Å². The zero-order valence-electron chi connectivity index (χ0n) is 7.62. The second-order valence-corrected chi connectivity index (χ2v) is 2.75. The number of aliphatic hydroxyl groups is 1. The molecule has 0 bridgehead atoms. The van der Waals surface area contributed by atoms with Crippen LogP contribution in [0.5, 0.6) is 0 Å². The monoisotopic (exact) mass is 172 g/mol. The standard InChI is InChI=1S/C9H16O3/c1-4-8(10)6-7(3)12-9(11)5-2/h5,7-8,10H,2,4,6H2,1,3H3. The molecular weight excluding hydrogens is 156 g/mol. The first kappa shape index (κ1) is 11.2. The van der Waals surface area contributed by atoms with Gasteiger partial charge in [0.1, 0.15) is 6.10 Å². The van der Waals surface area contributed by atoms with Gasteiger partial charge < -0.3 is 9.84 Å². The maximum atomic E-state index is 10.7. The first-order chi connectivity index (χ1) is 5.60. The molecule has 12 heavy (non-hydrogen) atoms. The molecule has 0 saturated heterocycles. The van der Waals surface area contributed by atoms with Gasteiger partial charge >= 0.3 is 5.97 Å². The third-order valence-corrected chi connectivity index (χ3v) is 1.56. The van der Waals surface area contributed by atoms with Crippen molar-refractivity contribution in [1.29, 1.82) is 0 Å². The van der Waals surface area contributed by atoms with Crippen LogP contribution in [0.4, 0.5) is 0 Å². The molecule has 3 heteroatoms. The van der Waals surface area contributed by atoms with Gasteiger partial charge in [0.2, 0.25) is 0 Å². The number of rotatable bonds is 5. The number of aliphatic hydroxyl groups excluding tert-OH is 1. The molecule has 0 aliphatic rings. The molecule has 1 N–H and O–H groups in total. The Labute approximate surface area is 73.0 Å². The van der Waals surface area contributed by atoms with E-state index >= 15 is 0 Å². The average molecular weight is 172 g/mol. The van der Waals surface area contributed by atoms with Crippen molar-refractivity contribution in [1.82, 2.24) is 0 Å². The van der Waals surface area contributed by atoms with Gasteiger partial charge in [-0.05, 0) is 13.3 Å². The summed E-state index contributed by atoms with van der Waals surface area (Å²) < 4.78 is 4.86. The number of hydrogen-bond acceptors (Lipinski definition) is 3. The van der Waals surface area contributed by atoms with E-state index in [0.717, 1.165) is 6.08 Å². The second-order valence-electron chi connectivity index (χ2n) is 2.75. The average Bonchev–Trinajstić information content (AvgIpc) is 2.03. The van der Waals surface area contributed by atoms with Gasteiger partial charge in [0.05, 0.1) is 6.10 Å². The molecule has 0 radical (unpaired) electrons. The fourth-order valence-corrected chi connectivity index (χ4v) is 0.844. The van der Waals surface area contributed by atoms with Gasteiger partial charge in [-0.2, -0.15) is 0 Å². The van der Waals surface area contributed by atoms with Crippen LogP contribution in [0.1, 0.15) is 26.7 Å². The van der Waals surface area contributed by atoms with E-state index in [1.165, 1.54) is 0 Å². The summed E-state index contributed by atoms with van der Waals surface area (Å²) in [5.41, 5.74) is 0. The largest absolute Gasteiger partial charge is 0.459 e. The Kier molecular flexibility index (Phi) is 5.37. The molecule has 0 fully saturated rings. The fourth-order valence-electron chi connectivity index (χ4n) is 0.844. The van der Waals surface area contributed by atoms with Gasteiger partial charge in [-0.1, -0.05) is 13.5 Å². The Morgan fingerprint density at radius 2 is 2.33 bits per heavy atom. The first-order valence-corrected chi connectivity index (χ1v) is 4.11. The highest BCUT2D eigenvalue weighted by molar-refractivity contribution is 5.81. The number of hydrogen-bond donors (Lipinski definition) is 1. The number of ether oxygens (including phenoxy) is 1. The SMILES string of the molecule is C=CC(=O)OC(C)CC(O)CC. The highest BCUT2D eigenvalue weighted by Crippen LogP contribution is 2.05. The molecule has 3 nitrogen and oxygen atoms in total. The summed E-state index contributed by atoms with van der Waals surface area (Å²) >= 11 is 0. The van der Waals surface area contributed by atoms with Crippen LogP contribution in [-0.4, -0.2) is 23.3 Å². The van der Waals surface area contributed by atoms with Crippen LogP contribution in [0.3, 0.4) is 0 Å². The highest BCUT2D eigenvalue weighted by atomic mass is 16.5. The van der Waals surface area contributed by atoms with Gasteiger partial charge in [-0.25, -0.2) is 4.79 Å². The summed E-state index contributed by atoms with van der Waals surface area (Å²) in [6.07, 6.45) is 1.64. The molecule has 70 valence electrons. The molecule has 0 spiro atoms. The van der Waals surface area contributed by atoms with E-state index in [-0.39, 0.29) is 6.10 Å². The third kappa shape index (κ3) is 4.91. The van der Waals surface area contributed by atoms with E-state index in [0.29, 0.717) is 12.8 Å². The molecule has 2 atom stereocenters. The summed E-state index contributed by atoms with van der Waals surface area (Å²) in [5.74, 6) is -0.439. The van der Waals surface area contributed by atoms with Crippen molar-refractivity contribution in [2.24, 2.45) is 0 Å². The minimum absolute atomic E-state index is 0.245. The number of carbonyl (C=O) groups is 1. The third-order valence-electron chi connectivity index (χ3n) is 1.56. The lowest BCUT2D eigenvalue weighted by molar-refractivity contribution is -0.143. The van der Waals surface area contributed by atoms with Crippen molar-refractivity contribution >= 4 is 5.97 Å². The van der Waals surface area contributed by atoms with Crippen LogP contribution < -0.4 is 0 Å². The number of esters is 1. The second kappa shape index (κ2) is 5.77. The highest BCUT2D eigenvalue weighted by Gasteiger charge is 2.10. The molecule has 0 amide bonds. The lowest BCUT2D eigenvalue weighted by Gasteiger charge is -2.14. The van der Waals surface area contributed by atoms with Crippen LogP contribution in [-0.2, 0) is 9.53 Å². The van der Waals surface area contributed by atoms with Gasteiger partial charge in [0.25, 0.3) is 0 Å². The molecular formula is C9H16O3. The molecule has 0 aromatic heterocycles. The van der Waals surface area contributed by atoms with Crippen LogP contribution in [0.15, 0.2) is 12.7 Å². The predicted molar refractivity (Wildman–Crippen MR) is 46.7 cm³/mol. The van der Waals surface area contributed by atoms with Crippen LogP contribution in [0.2, 0.25) is 0 Å². The Morgan fingerprint density at radius 1 is 1.75 bits per heavy atom. The van der Waals surface area contributed by atoms with Gasteiger partial charge in [0.15, 0.2) is 0 Å². The first-order valence-electron chi connectivity index (χ1n) is 4.11. The van der Waals surface area contributed by atoms with Crippen molar-refractivity contribution in [3.8, 4) is 0 Å². The molecule has 0 saturated carbocycles. The maximum Gasteiger partial charge on any atom is 0.330 e. The van der Waals surface area contributed by atoms with Crippen molar-refractivity contribution < 1.29 is 14.6 Å². The molecule has 0 aromatic carbocycles. The van der Waals surface area contributed by atoms with Gasteiger partial charge in [0, 0.05) is 12.5 Å². The van der Waals surface area contributed by atoms with E-state index in [2.05, 4.69) is 6.58 Å². The van der Waals surface area contributed by atoms with E-state index in [1.807, 2.05) is 6.92 Å². The Morgan fingerprint density at radius 3 is 2.75 bits per heavy atom. The lowest BCUT2D eigenvalue weighted by atomic mass is 10.1. The van der Waals surface area contributed by atoms with Crippen LogP contribution in [0, 0.1) is 0 Å². The summed E-state index contributed by atoms with van der Waals surface area (Å²) in [7, 11) is 0. The Hall–Kier alpha value is -0.830. The maximum absolute atomic E-state index is 10.7. The summed E-state index contributed by atoms with van der Waals surface area (Å²) in [6.45, 7) is 6.91. The minimum Gasteiger partial charge on any atom is -0.459 e. The minimum atomic E-state index is -0.439. The summed E-state index contributed by atoms with van der Waals surface area (Å²) in [5, 5.41) is 9.20. The smallest absolute Gasteiger partial charge is 0.330 e. The predicted octanol–water partition coefficient (Wildman–Crippen LogP) is 1.27. The topological polar surface area (TPSA) is 46.5 Å². The summed E-state index contributed by atoms with van der Waals surface area (Å²) in [6, 6.07) is 0. The van der Waals surface area contributed by atoms with E-state index in [1.54, 1.807) is 6.92 Å². The fraction of sp³-hybridized carbons (Fsp3) is 0.667. The van der Waals surface area contributed by atoms with Crippen LogP contribution >= 0.6 is 0 Å². The van der Waals surface area contributed by atoms with E-state index in [9.17, 15) is 9.90 Å². The normalized spacial score (nSPS) is 14.9. The van der Waals surface area contributed by atoms with Gasteiger partial charge in [-0.15, -0.1) is 0 Å². The Balaban J connectivity index is 3.65. The zero-order valence-corrected chi connectivity index (χ0v) is 7.62. The lowest BCUT2D eigenvalue weighted by Crippen LogP contribution is -2.19. The van der Waals surface area contributed by atoms with Crippen molar-refractivity contribution in [3.05, 3.63) is 12.7 Å². The van der Waals surface area contributed by atoms with Crippen molar-refractivity contribution in [2.75, 3.05) is 0 Å². The molecule has 0 rings (SSSR count). The Bertz CT molecular complexity index is 154. The van der Waals surface area contributed by atoms with E-state index < -0.39 is 12.1 Å². The van der Waals surface area contributed by atoms with Crippen LogP contribution in [0.25, 0.3) is 0 Å². The molecule has 2 unspecified atom stereocenters. The van der Waals surface area contributed by atoms with Gasteiger partial charge in [-0.3, -0.25) is 0 Å².